The summed E-state index contributed by atoms with van der Waals surface area (Å²) in [5.41, 5.74) is 14.4. The Hall–Kier alpha value is -4.85. The molecule has 0 saturated heterocycles. The molecule has 290 valence electrons. The van der Waals surface area contributed by atoms with E-state index in [0.29, 0.717) is 29.9 Å². The first-order chi connectivity index (χ1) is 25.9. The molecule has 0 N–H and O–H groups in total. The summed E-state index contributed by atoms with van der Waals surface area (Å²) in [6, 6.07) is 25.0. The number of fused-ring (bicyclic) bond motifs is 4. The predicted octanol–water partition coefficient (Wildman–Crippen LogP) is 13.2. The van der Waals surface area contributed by atoms with Crippen molar-refractivity contribution in [1.82, 2.24) is 9.55 Å². The third-order valence-electron chi connectivity index (χ3n) is 10.1. The average molecular weight is 748 g/mol. The first kappa shape index (κ1) is 41.3. The third kappa shape index (κ3) is 10.3. The summed E-state index contributed by atoms with van der Waals surface area (Å²) >= 11 is 0. The molecule has 3 aliphatic heterocycles. The van der Waals surface area contributed by atoms with E-state index in [9.17, 15) is 13.2 Å². The fourth-order valence-corrected chi connectivity index (χ4v) is 6.77. The number of nitrogens with zero attached hydrogens (tertiary/aromatic N) is 5. The predicted molar refractivity (Wildman–Crippen MR) is 226 cm³/mol. The number of halogens is 3. The Morgan fingerprint density at radius 2 is 1.02 bits per heavy atom. The van der Waals surface area contributed by atoms with Gasteiger partial charge in [0.25, 0.3) is 0 Å². The number of alkyl halides is 3. The van der Waals surface area contributed by atoms with E-state index in [-0.39, 0.29) is 5.92 Å². The molecule has 55 heavy (non-hydrogen) atoms. The van der Waals surface area contributed by atoms with Crippen molar-refractivity contribution in [2.75, 3.05) is 0 Å². The first-order valence-corrected chi connectivity index (χ1v) is 19.4. The number of aromatic nitrogens is 2. The minimum absolute atomic E-state index is 0.279. The van der Waals surface area contributed by atoms with Crippen LogP contribution in [-0.2, 0) is 32.5 Å². The van der Waals surface area contributed by atoms with Crippen LogP contribution in [0.15, 0.2) is 93.8 Å². The summed E-state index contributed by atoms with van der Waals surface area (Å²) in [7, 11) is 2.07. The first-order valence-electron chi connectivity index (χ1n) is 19.4. The van der Waals surface area contributed by atoms with Gasteiger partial charge in [-0.2, -0.15) is 13.2 Å². The molecule has 0 amide bonds. The number of imidazole rings is 1. The molecule has 8 rings (SSSR count). The summed E-state index contributed by atoms with van der Waals surface area (Å²) < 4.78 is 39.6. The van der Waals surface area contributed by atoms with Crippen molar-refractivity contribution >= 4 is 45.2 Å². The van der Waals surface area contributed by atoms with Crippen LogP contribution in [0.25, 0.3) is 11.0 Å². The van der Waals surface area contributed by atoms with Crippen LogP contribution in [0.2, 0.25) is 0 Å². The summed E-state index contributed by atoms with van der Waals surface area (Å²) in [4.78, 5) is 18.0. The molecular weight excluding hydrogens is 692 g/mol. The van der Waals surface area contributed by atoms with Gasteiger partial charge in [0.1, 0.15) is 5.82 Å². The lowest BCUT2D eigenvalue weighted by atomic mass is 10.0. The average Bonchev–Trinajstić information content (AvgIpc) is 3.92. The van der Waals surface area contributed by atoms with Crippen molar-refractivity contribution in [3.63, 3.8) is 0 Å². The Bertz CT molecular complexity index is 2160. The van der Waals surface area contributed by atoms with E-state index >= 15 is 0 Å². The lowest BCUT2D eigenvalue weighted by molar-refractivity contribution is -0.137. The zero-order valence-corrected chi connectivity index (χ0v) is 34.3. The quantitative estimate of drug-likeness (QED) is 0.181. The molecule has 5 aromatic rings. The van der Waals surface area contributed by atoms with Crippen LogP contribution in [0.1, 0.15) is 101 Å². The van der Waals surface area contributed by atoms with E-state index in [1.54, 1.807) is 0 Å². The van der Waals surface area contributed by atoms with E-state index in [0.717, 1.165) is 47.6 Å². The van der Waals surface area contributed by atoms with Gasteiger partial charge in [-0.15, -0.1) is 0 Å². The van der Waals surface area contributed by atoms with Crippen molar-refractivity contribution in [2.45, 2.75) is 101 Å². The molecule has 4 heterocycles. The molecule has 0 spiro atoms. The molecule has 4 aromatic carbocycles. The van der Waals surface area contributed by atoms with Gasteiger partial charge in [-0.3, -0.25) is 15.0 Å². The smallest absolute Gasteiger partial charge is 0.331 e. The van der Waals surface area contributed by atoms with E-state index in [1.165, 1.54) is 56.6 Å². The lowest BCUT2D eigenvalue weighted by Crippen LogP contribution is -2.06. The molecule has 1 aromatic heterocycles. The number of hydrogen-bond donors (Lipinski definition) is 0. The van der Waals surface area contributed by atoms with Gasteiger partial charge in [0.15, 0.2) is 0 Å². The number of aliphatic imine (C=N–C) groups is 3. The maximum absolute atomic E-state index is 12.5. The molecule has 8 heteroatoms. The van der Waals surface area contributed by atoms with E-state index in [1.807, 2.05) is 26.0 Å². The summed E-state index contributed by atoms with van der Waals surface area (Å²) in [5.74, 6) is 3.07. The summed E-state index contributed by atoms with van der Waals surface area (Å²) in [6.07, 6.45) is -1.51. The van der Waals surface area contributed by atoms with Crippen molar-refractivity contribution < 1.29 is 13.2 Å². The number of para-hydroxylation sites is 2. The van der Waals surface area contributed by atoms with Crippen LogP contribution in [0.5, 0.6) is 0 Å². The Morgan fingerprint density at radius 3 is 1.47 bits per heavy atom. The van der Waals surface area contributed by atoms with Gasteiger partial charge in [-0.05, 0) is 84.7 Å². The van der Waals surface area contributed by atoms with Gasteiger partial charge >= 0.3 is 6.18 Å². The molecule has 0 aliphatic carbocycles. The zero-order valence-electron chi connectivity index (χ0n) is 34.3. The minimum Gasteiger partial charge on any atom is -0.331 e. The number of benzene rings is 4. The van der Waals surface area contributed by atoms with Crippen molar-refractivity contribution in [3.8, 4) is 0 Å². The molecule has 0 radical (unpaired) electrons. The number of rotatable bonds is 4. The van der Waals surface area contributed by atoms with Crippen LogP contribution in [0.3, 0.4) is 0 Å². The Morgan fingerprint density at radius 1 is 0.545 bits per heavy atom. The zero-order chi connectivity index (χ0) is 40.2. The van der Waals surface area contributed by atoms with Gasteiger partial charge in [0.2, 0.25) is 0 Å². The number of hydrogen-bond acceptors (Lipinski definition) is 4. The lowest BCUT2D eigenvalue weighted by Gasteiger charge is -2.07. The van der Waals surface area contributed by atoms with Gasteiger partial charge in [-0.25, -0.2) is 4.98 Å². The number of aryl methyl sites for hydroxylation is 3. The molecule has 3 aliphatic rings. The molecule has 0 fully saturated rings. The fourth-order valence-electron chi connectivity index (χ4n) is 6.77. The second-order valence-corrected chi connectivity index (χ2v) is 16.1. The maximum atomic E-state index is 12.5. The minimum atomic E-state index is -4.29. The fraction of sp³-hybridized carbons (Fsp3) is 0.404. The highest BCUT2D eigenvalue weighted by Gasteiger charge is 2.32. The van der Waals surface area contributed by atoms with Crippen molar-refractivity contribution in [3.05, 3.63) is 118 Å². The van der Waals surface area contributed by atoms with Crippen LogP contribution >= 0.6 is 0 Å². The SMILES string of the molecule is CC(C)C1=Nc2cc(C(F)(F)F)ccc2C1.CC(C)c1nc2ccccc2n1C.Cc1ccc2c(c1)CC(C(C)C)=N2.Cc1ccc2c(c1)CC(C(C)C)=N2. The van der Waals surface area contributed by atoms with Crippen molar-refractivity contribution in [1.29, 1.82) is 0 Å². The molecule has 0 unspecified atom stereocenters. The van der Waals surface area contributed by atoms with Crippen molar-refractivity contribution in [2.24, 2.45) is 39.8 Å². The van der Waals surface area contributed by atoms with E-state index in [2.05, 4.69) is 135 Å². The van der Waals surface area contributed by atoms with Gasteiger partial charge < -0.3 is 4.57 Å². The topological polar surface area (TPSA) is 54.9 Å². The standard InChI is InChI=1S/C12H12F3N.2C12H15N.C11H14N2/c1-7(2)10-5-8-3-4-9(12(13,14)15)6-11(8)16-10;2*1-8(2)12-7-10-6-9(3)4-5-11(10)13-12;1-8(2)11-12-9-6-4-5-7-10(9)13(11)3/h3-4,6-7H,5H2,1-2H3;2*4-6,8H,7H2,1-3H3;4-8H,1-3H3. The summed E-state index contributed by atoms with van der Waals surface area (Å²) in [5, 5.41) is 0. The van der Waals surface area contributed by atoms with Crippen LogP contribution in [-0.4, -0.2) is 26.7 Å². The summed E-state index contributed by atoms with van der Waals surface area (Å²) in [6.45, 7) is 21.4. The molecule has 5 nitrogen and oxygen atoms in total. The molecule has 0 bridgehead atoms. The van der Waals surface area contributed by atoms with Crippen LogP contribution in [0, 0.1) is 31.6 Å². The largest absolute Gasteiger partial charge is 0.416 e. The van der Waals surface area contributed by atoms with Crippen LogP contribution in [0.4, 0.5) is 30.2 Å². The third-order valence-corrected chi connectivity index (χ3v) is 10.1. The maximum Gasteiger partial charge on any atom is 0.416 e. The van der Waals surface area contributed by atoms with E-state index < -0.39 is 11.7 Å². The van der Waals surface area contributed by atoms with Crippen LogP contribution < -0.4 is 0 Å². The molecule has 0 saturated carbocycles. The highest BCUT2D eigenvalue weighted by atomic mass is 19.4. The van der Waals surface area contributed by atoms with Gasteiger partial charge in [-0.1, -0.05) is 109 Å². The second-order valence-electron chi connectivity index (χ2n) is 16.1. The van der Waals surface area contributed by atoms with Gasteiger partial charge in [0.05, 0.1) is 33.7 Å². The second kappa shape index (κ2) is 17.3. The molecular formula is C47H56F3N5. The van der Waals surface area contributed by atoms with E-state index in [4.69, 9.17) is 0 Å². The highest BCUT2D eigenvalue weighted by Crippen LogP contribution is 2.36. The van der Waals surface area contributed by atoms with Gasteiger partial charge in [0, 0.05) is 49.4 Å². The highest BCUT2D eigenvalue weighted by molar-refractivity contribution is 5.96. The Balaban J connectivity index is 0.000000141. The normalized spacial score (nSPS) is 14.0. The molecule has 0 atom stereocenters. The Labute approximate surface area is 325 Å². The Kier molecular flexibility index (Phi) is 13.0. The monoisotopic (exact) mass is 747 g/mol.